The predicted molar refractivity (Wildman–Crippen MR) is 51.4 cm³/mol. The Morgan fingerprint density at radius 2 is 1.92 bits per heavy atom. The van der Waals surface area contributed by atoms with Crippen molar-refractivity contribution in [3.8, 4) is 11.5 Å². The number of aromatic nitrogens is 1. The summed E-state index contributed by atoms with van der Waals surface area (Å²) in [5.41, 5.74) is 3.17. The molecule has 13 heavy (non-hydrogen) atoms. The first kappa shape index (κ1) is 8.05. The molecule has 0 radical (unpaired) electrons. The lowest BCUT2D eigenvalue weighted by Crippen LogP contribution is -1.82. The molecule has 2 rings (SSSR count). The standard InChI is InChI=1S/C11H11NO/c1-8-5-3-4-6-10(8)11-12-9(2)7-13-11/h3-7H,1-2H3. The van der Waals surface area contributed by atoms with Crippen molar-refractivity contribution in [3.63, 3.8) is 0 Å². The molecule has 1 aromatic heterocycles. The molecule has 1 aromatic carbocycles. The van der Waals surface area contributed by atoms with Gasteiger partial charge < -0.3 is 4.42 Å². The summed E-state index contributed by atoms with van der Waals surface area (Å²) in [6.45, 7) is 3.97. The van der Waals surface area contributed by atoms with Gasteiger partial charge in [-0.1, -0.05) is 18.2 Å². The van der Waals surface area contributed by atoms with Gasteiger partial charge in [-0.3, -0.25) is 0 Å². The van der Waals surface area contributed by atoms with E-state index in [1.165, 1.54) is 5.56 Å². The highest BCUT2D eigenvalue weighted by Crippen LogP contribution is 2.21. The van der Waals surface area contributed by atoms with E-state index in [0.717, 1.165) is 11.3 Å². The van der Waals surface area contributed by atoms with Crippen LogP contribution in [0.5, 0.6) is 0 Å². The van der Waals surface area contributed by atoms with Gasteiger partial charge in [0.05, 0.1) is 5.69 Å². The Bertz CT molecular complexity index is 418. The molecule has 0 saturated carbocycles. The molecule has 0 saturated heterocycles. The number of nitrogens with zero attached hydrogens (tertiary/aromatic N) is 1. The maximum atomic E-state index is 5.32. The van der Waals surface area contributed by atoms with Crippen LogP contribution >= 0.6 is 0 Å². The van der Waals surface area contributed by atoms with Crippen LogP contribution in [0, 0.1) is 13.8 Å². The molecule has 0 aliphatic carbocycles. The van der Waals surface area contributed by atoms with Gasteiger partial charge in [-0.15, -0.1) is 0 Å². The minimum atomic E-state index is 0.704. The average Bonchev–Trinajstić information content (AvgIpc) is 2.53. The van der Waals surface area contributed by atoms with E-state index in [1.807, 2.05) is 25.1 Å². The Hall–Kier alpha value is -1.57. The third kappa shape index (κ3) is 1.47. The van der Waals surface area contributed by atoms with Gasteiger partial charge in [0.1, 0.15) is 6.26 Å². The molecule has 2 aromatic rings. The van der Waals surface area contributed by atoms with Gasteiger partial charge in [0.2, 0.25) is 5.89 Å². The second-order valence-corrected chi connectivity index (χ2v) is 3.11. The van der Waals surface area contributed by atoms with Crippen molar-refractivity contribution in [1.82, 2.24) is 4.98 Å². The van der Waals surface area contributed by atoms with E-state index in [2.05, 4.69) is 18.0 Å². The lowest BCUT2D eigenvalue weighted by molar-refractivity contribution is 0.573. The summed E-state index contributed by atoms with van der Waals surface area (Å²) in [5.74, 6) is 0.704. The van der Waals surface area contributed by atoms with Gasteiger partial charge >= 0.3 is 0 Å². The number of oxazole rings is 1. The molecular formula is C11H11NO. The smallest absolute Gasteiger partial charge is 0.226 e. The van der Waals surface area contributed by atoms with Gasteiger partial charge in [0, 0.05) is 5.56 Å². The van der Waals surface area contributed by atoms with Crippen molar-refractivity contribution >= 4 is 0 Å². The van der Waals surface area contributed by atoms with Gasteiger partial charge in [-0.2, -0.15) is 0 Å². The summed E-state index contributed by atoms with van der Waals surface area (Å²) in [4.78, 5) is 4.28. The van der Waals surface area contributed by atoms with Crippen molar-refractivity contribution in [2.75, 3.05) is 0 Å². The summed E-state index contributed by atoms with van der Waals surface area (Å²) in [6, 6.07) is 8.06. The molecule has 1 heterocycles. The summed E-state index contributed by atoms with van der Waals surface area (Å²) < 4.78 is 5.32. The van der Waals surface area contributed by atoms with Gasteiger partial charge in [-0.25, -0.2) is 4.98 Å². The molecule has 0 amide bonds. The molecule has 0 unspecified atom stereocenters. The molecule has 0 spiro atoms. The predicted octanol–water partition coefficient (Wildman–Crippen LogP) is 2.96. The van der Waals surface area contributed by atoms with Crippen molar-refractivity contribution < 1.29 is 4.42 Å². The zero-order chi connectivity index (χ0) is 9.26. The van der Waals surface area contributed by atoms with Gasteiger partial charge in [0.15, 0.2) is 0 Å². The van der Waals surface area contributed by atoms with Crippen LogP contribution in [0.4, 0.5) is 0 Å². The third-order valence-corrected chi connectivity index (χ3v) is 1.99. The maximum absolute atomic E-state index is 5.32. The normalized spacial score (nSPS) is 10.3. The van der Waals surface area contributed by atoms with Crippen molar-refractivity contribution in [2.24, 2.45) is 0 Å². The average molecular weight is 173 g/mol. The number of benzene rings is 1. The van der Waals surface area contributed by atoms with Crippen molar-refractivity contribution in [1.29, 1.82) is 0 Å². The largest absolute Gasteiger partial charge is 0.444 e. The van der Waals surface area contributed by atoms with Crippen LogP contribution in [0.1, 0.15) is 11.3 Å². The second kappa shape index (κ2) is 3.05. The van der Waals surface area contributed by atoms with E-state index in [9.17, 15) is 0 Å². The van der Waals surface area contributed by atoms with Crippen molar-refractivity contribution in [2.45, 2.75) is 13.8 Å². The Labute approximate surface area is 77.2 Å². The summed E-state index contributed by atoms with van der Waals surface area (Å²) in [6.07, 6.45) is 1.67. The molecule has 0 aliphatic heterocycles. The first-order chi connectivity index (χ1) is 6.27. The first-order valence-corrected chi connectivity index (χ1v) is 4.25. The fourth-order valence-corrected chi connectivity index (χ4v) is 1.29. The monoisotopic (exact) mass is 173 g/mol. The molecular weight excluding hydrogens is 162 g/mol. The maximum Gasteiger partial charge on any atom is 0.226 e. The highest BCUT2D eigenvalue weighted by Gasteiger charge is 2.05. The highest BCUT2D eigenvalue weighted by atomic mass is 16.3. The SMILES string of the molecule is Cc1coc(-c2ccccc2C)n1. The van der Waals surface area contributed by atoms with E-state index in [4.69, 9.17) is 4.42 Å². The number of rotatable bonds is 1. The summed E-state index contributed by atoms with van der Waals surface area (Å²) >= 11 is 0. The Morgan fingerprint density at radius 3 is 2.54 bits per heavy atom. The van der Waals surface area contributed by atoms with Gasteiger partial charge in [0.25, 0.3) is 0 Å². The highest BCUT2D eigenvalue weighted by molar-refractivity contribution is 5.58. The lowest BCUT2D eigenvalue weighted by Gasteiger charge is -1.98. The van der Waals surface area contributed by atoms with Crippen molar-refractivity contribution in [3.05, 3.63) is 41.8 Å². The molecule has 2 nitrogen and oxygen atoms in total. The molecule has 2 heteroatoms. The van der Waals surface area contributed by atoms with E-state index in [0.29, 0.717) is 5.89 Å². The zero-order valence-electron chi connectivity index (χ0n) is 7.74. The second-order valence-electron chi connectivity index (χ2n) is 3.11. The summed E-state index contributed by atoms with van der Waals surface area (Å²) in [5, 5.41) is 0. The minimum Gasteiger partial charge on any atom is -0.444 e. The van der Waals surface area contributed by atoms with Crippen LogP contribution in [0.3, 0.4) is 0 Å². The molecule has 0 fully saturated rings. The van der Waals surface area contributed by atoms with Crippen LogP contribution in [0.2, 0.25) is 0 Å². The van der Waals surface area contributed by atoms with Gasteiger partial charge in [-0.05, 0) is 25.5 Å². The van der Waals surface area contributed by atoms with Crippen LogP contribution in [0.25, 0.3) is 11.5 Å². The van der Waals surface area contributed by atoms with Crippen LogP contribution in [-0.2, 0) is 0 Å². The molecule has 0 N–H and O–H groups in total. The number of hydrogen-bond acceptors (Lipinski definition) is 2. The molecule has 0 bridgehead atoms. The molecule has 0 atom stereocenters. The van der Waals surface area contributed by atoms with Crippen LogP contribution < -0.4 is 0 Å². The Balaban J connectivity index is 2.52. The fraction of sp³-hybridized carbons (Fsp3) is 0.182. The number of hydrogen-bond donors (Lipinski definition) is 0. The first-order valence-electron chi connectivity index (χ1n) is 4.25. The molecule has 0 aliphatic rings. The van der Waals surface area contributed by atoms with Crippen LogP contribution in [-0.4, -0.2) is 4.98 Å². The van der Waals surface area contributed by atoms with E-state index >= 15 is 0 Å². The summed E-state index contributed by atoms with van der Waals surface area (Å²) in [7, 11) is 0. The van der Waals surface area contributed by atoms with Crippen LogP contribution in [0.15, 0.2) is 34.9 Å². The van der Waals surface area contributed by atoms with E-state index < -0.39 is 0 Å². The molecule has 66 valence electrons. The quantitative estimate of drug-likeness (QED) is 0.662. The zero-order valence-corrected chi connectivity index (χ0v) is 7.74. The number of aryl methyl sites for hydroxylation is 2. The topological polar surface area (TPSA) is 26.0 Å². The lowest BCUT2D eigenvalue weighted by atomic mass is 10.1. The Kier molecular flexibility index (Phi) is 1.89. The Morgan fingerprint density at radius 1 is 1.15 bits per heavy atom. The minimum absolute atomic E-state index is 0.704. The van der Waals surface area contributed by atoms with E-state index in [-0.39, 0.29) is 0 Å². The van der Waals surface area contributed by atoms with E-state index in [1.54, 1.807) is 6.26 Å². The third-order valence-electron chi connectivity index (χ3n) is 1.99. The fourth-order valence-electron chi connectivity index (χ4n) is 1.29.